The van der Waals surface area contributed by atoms with Gasteiger partial charge in [-0.25, -0.2) is 4.79 Å². The maximum absolute atomic E-state index is 12.2. The van der Waals surface area contributed by atoms with Crippen LogP contribution in [0.3, 0.4) is 0 Å². The molecule has 1 aliphatic carbocycles. The van der Waals surface area contributed by atoms with Crippen molar-refractivity contribution in [1.29, 1.82) is 0 Å². The van der Waals surface area contributed by atoms with Gasteiger partial charge in [-0.3, -0.25) is 9.59 Å². The van der Waals surface area contributed by atoms with Crippen LogP contribution in [0.4, 0.5) is 10.5 Å². The Labute approximate surface area is 152 Å². The lowest BCUT2D eigenvalue weighted by Crippen LogP contribution is -2.41. The fraction of sp³-hybridized carbons (Fsp3) is 0.500. The summed E-state index contributed by atoms with van der Waals surface area (Å²) in [4.78, 5) is 34.7. The van der Waals surface area contributed by atoms with E-state index in [2.05, 4.69) is 10.6 Å². The quantitative estimate of drug-likeness (QED) is 0.616. The largest absolute Gasteiger partial charge is 0.490 e. The van der Waals surface area contributed by atoms with E-state index < -0.39 is 17.9 Å². The first-order valence-electron chi connectivity index (χ1n) is 8.67. The van der Waals surface area contributed by atoms with Gasteiger partial charge in [0.25, 0.3) is 5.91 Å². The molecule has 1 fully saturated rings. The van der Waals surface area contributed by atoms with Crippen LogP contribution in [-0.4, -0.2) is 35.2 Å². The minimum Gasteiger partial charge on any atom is -0.490 e. The topological polar surface area (TPSA) is 131 Å². The summed E-state index contributed by atoms with van der Waals surface area (Å²) in [5, 5.41) is 14.5. The van der Waals surface area contributed by atoms with Crippen LogP contribution < -0.4 is 21.1 Å². The van der Waals surface area contributed by atoms with Crippen LogP contribution in [0.15, 0.2) is 18.2 Å². The van der Waals surface area contributed by atoms with Crippen LogP contribution in [0.2, 0.25) is 0 Å². The highest BCUT2D eigenvalue weighted by Gasteiger charge is 2.26. The van der Waals surface area contributed by atoms with E-state index in [9.17, 15) is 14.4 Å². The number of benzene rings is 1. The van der Waals surface area contributed by atoms with E-state index in [1.807, 2.05) is 13.8 Å². The number of ether oxygens (including phenoxy) is 1. The van der Waals surface area contributed by atoms with E-state index in [1.54, 1.807) is 12.1 Å². The molecule has 1 aromatic carbocycles. The molecule has 3 amide bonds. The first kappa shape index (κ1) is 19.6. The Morgan fingerprint density at radius 2 is 1.85 bits per heavy atom. The third-order valence-electron chi connectivity index (χ3n) is 4.28. The molecule has 0 spiro atoms. The number of rotatable bonds is 6. The summed E-state index contributed by atoms with van der Waals surface area (Å²) in [6.45, 7) is 3.67. The molecular weight excluding hydrogens is 338 g/mol. The molecule has 0 atom stereocenters. The van der Waals surface area contributed by atoms with Gasteiger partial charge in [-0.15, -0.1) is 0 Å². The number of nitrogens with two attached hydrogens (primary N) is 1. The highest BCUT2D eigenvalue weighted by Crippen LogP contribution is 2.25. The Kier molecular flexibility index (Phi) is 6.43. The van der Waals surface area contributed by atoms with Gasteiger partial charge in [0.15, 0.2) is 0 Å². The van der Waals surface area contributed by atoms with Gasteiger partial charge in [-0.2, -0.15) is 0 Å². The summed E-state index contributed by atoms with van der Waals surface area (Å²) < 4.78 is 5.54. The number of carboxylic acids is 1. The summed E-state index contributed by atoms with van der Waals surface area (Å²) in [7, 11) is 0. The molecular formula is C18H25N3O5. The average Bonchev–Trinajstić information content (AvgIpc) is 2.56. The van der Waals surface area contributed by atoms with E-state index in [4.69, 9.17) is 15.6 Å². The van der Waals surface area contributed by atoms with E-state index in [0.29, 0.717) is 37.1 Å². The summed E-state index contributed by atoms with van der Waals surface area (Å²) in [6, 6.07) is 4.22. The third-order valence-corrected chi connectivity index (χ3v) is 4.28. The number of nitrogens with one attached hydrogen (secondary N) is 2. The van der Waals surface area contributed by atoms with Crippen LogP contribution in [-0.2, 0) is 4.79 Å². The van der Waals surface area contributed by atoms with Crippen LogP contribution >= 0.6 is 0 Å². The third kappa shape index (κ3) is 5.37. The van der Waals surface area contributed by atoms with Crippen molar-refractivity contribution in [3.63, 3.8) is 0 Å². The maximum Gasteiger partial charge on any atom is 0.319 e. The lowest BCUT2D eigenvalue weighted by atomic mass is 9.86. The molecule has 1 aliphatic rings. The molecule has 1 aromatic rings. The van der Waals surface area contributed by atoms with Gasteiger partial charge >= 0.3 is 12.0 Å². The average molecular weight is 363 g/mol. The normalized spacial score (nSPS) is 19.7. The van der Waals surface area contributed by atoms with Gasteiger partial charge in [0.2, 0.25) is 0 Å². The molecule has 0 heterocycles. The van der Waals surface area contributed by atoms with Gasteiger partial charge < -0.3 is 26.2 Å². The van der Waals surface area contributed by atoms with Gasteiger partial charge in [-0.1, -0.05) is 0 Å². The molecule has 8 nitrogen and oxygen atoms in total. The summed E-state index contributed by atoms with van der Waals surface area (Å²) >= 11 is 0. The number of carbonyl (C=O) groups excluding carboxylic acids is 2. The van der Waals surface area contributed by atoms with Crippen molar-refractivity contribution in [3.8, 4) is 5.75 Å². The minimum absolute atomic E-state index is 0.0650. The Hall–Kier alpha value is -2.77. The van der Waals surface area contributed by atoms with E-state index >= 15 is 0 Å². The Bertz CT molecular complexity index is 681. The Morgan fingerprint density at radius 1 is 1.19 bits per heavy atom. The van der Waals surface area contributed by atoms with Crippen molar-refractivity contribution in [3.05, 3.63) is 23.8 Å². The van der Waals surface area contributed by atoms with E-state index in [1.165, 1.54) is 6.07 Å². The molecule has 0 aliphatic heterocycles. The minimum atomic E-state index is -0.782. The molecule has 2 rings (SSSR count). The second-order valence-electron chi connectivity index (χ2n) is 6.73. The Balaban J connectivity index is 1.95. The molecule has 8 heteroatoms. The first-order valence-corrected chi connectivity index (χ1v) is 8.67. The smallest absolute Gasteiger partial charge is 0.319 e. The number of urea groups is 1. The van der Waals surface area contributed by atoms with Crippen molar-refractivity contribution in [2.45, 2.75) is 51.7 Å². The molecule has 26 heavy (non-hydrogen) atoms. The molecule has 0 aromatic heterocycles. The molecule has 0 radical (unpaired) electrons. The standard InChI is InChI=1S/C18H25N3O5/c1-10(2)26-15-8-7-13(9-14(15)16(19)22)21-18(25)20-12-5-3-11(4-6-12)17(23)24/h7-12H,3-6H2,1-2H3,(H2,19,22)(H,23,24)(H2,20,21,25). The molecule has 142 valence electrons. The number of aliphatic carboxylic acids is 1. The summed E-state index contributed by atoms with van der Waals surface area (Å²) in [5.41, 5.74) is 6.00. The summed E-state index contributed by atoms with van der Waals surface area (Å²) in [6.07, 6.45) is 2.23. The SMILES string of the molecule is CC(C)Oc1ccc(NC(=O)NC2CCC(C(=O)O)CC2)cc1C(N)=O. The van der Waals surface area contributed by atoms with E-state index in [0.717, 1.165) is 0 Å². The summed E-state index contributed by atoms with van der Waals surface area (Å²) in [5.74, 6) is -1.39. The van der Waals surface area contributed by atoms with Gasteiger partial charge in [-0.05, 0) is 57.7 Å². The highest BCUT2D eigenvalue weighted by molar-refractivity contribution is 5.98. The van der Waals surface area contributed by atoms with Crippen LogP contribution in [0.5, 0.6) is 5.75 Å². The number of anilines is 1. The molecule has 0 saturated heterocycles. The van der Waals surface area contributed by atoms with Crippen molar-refractivity contribution in [2.24, 2.45) is 11.7 Å². The Morgan fingerprint density at radius 3 is 2.38 bits per heavy atom. The zero-order chi connectivity index (χ0) is 19.3. The van der Waals surface area contributed by atoms with Gasteiger partial charge in [0, 0.05) is 11.7 Å². The fourth-order valence-electron chi connectivity index (χ4n) is 2.99. The van der Waals surface area contributed by atoms with Crippen LogP contribution in [0.25, 0.3) is 0 Å². The predicted octanol–water partition coefficient (Wildman–Crippen LogP) is 2.34. The lowest BCUT2D eigenvalue weighted by molar-refractivity contribution is -0.142. The van der Waals surface area contributed by atoms with Crippen molar-refractivity contribution in [2.75, 3.05) is 5.32 Å². The number of carbonyl (C=O) groups is 3. The monoisotopic (exact) mass is 363 g/mol. The van der Waals surface area contributed by atoms with Crippen LogP contribution in [0, 0.1) is 5.92 Å². The van der Waals surface area contributed by atoms with Crippen molar-refractivity contribution >= 4 is 23.6 Å². The number of hydrogen-bond donors (Lipinski definition) is 4. The van der Waals surface area contributed by atoms with Crippen molar-refractivity contribution < 1.29 is 24.2 Å². The molecule has 1 saturated carbocycles. The number of amides is 3. The zero-order valence-corrected chi connectivity index (χ0v) is 15.0. The van der Waals surface area contributed by atoms with Gasteiger partial charge in [0.1, 0.15) is 5.75 Å². The first-order chi connectivity index (χ1) is 12.3. The van der Waals surface area contributed by atoms with Crippen LogP contribution in [0.1, 0.15) is 49.9 Å². The molecule has 5 N–H and O–H groups in total. The predicted molar refractivity (Wildman–Crippen MR) is 96.3 cm³/mol. The fourth-order valence-corrected chi connectivity index (χ4v) is 2.99. The van der Waals surface area contributed by atoms with E-state index in [-0.39, 0.29) is 23.6 Å². The zero-order valence-electron chi connectivity index (χ0n) is 15.0. The second kappa shape index (κ2) is 8.55. The highest BCUT2D eigenvalue weighted by atomic mass is 16.5. The second-order valence-corrected chi connectivity index (χ2v) is 6.73. The van der Waals surface area contributed by atoms with Gasteiger partial charge in [0.05, 0.1) is 17.6 Å². The molecule has 0 bridgehead atoms. The lowest BCUT2D eigenvalue weighted by Gasteiger charge is -2.26. The number of hydrogen-bond acceptors (Lipinski definition) is 4. The number of primary amides is 1. The number of carboxylic acid groups (broad SMARTS) is 1. The van der Waals surface area contributed by atoms with Crippen molar-refractivity contribution in [1.82, 2.24) is 5.32 Å². The maximum atomic E-state index is 12.2. The molecule has 0 unspecified atom stereocenters.